The predicted octanol–water partition coefficient (Wildman–Crippen LogP) is 4.49. The second-order valence-corrected chi connectivity index (χ2v) is 7.20. The Morgan fingerprint density at radius 1 is 1.03 bits per heavy atom. The molecule has 0 aliphatic heterocycles. The molecule has 0 radical (unpaired) electrons. The van der Waals surface area contributed by atoms with Crippen molar-refractivity contribution in [2.75, 3.05) is 13.2 Å². The summed E-state index contributed by atoms with van der Waals surface area (Å²) < 4.78 is 5.48. The van der Waals surface area contributed by atoms with Crippen LogP contribution in [-0.4, -0.2) is 30.6 Å². The number of phenolic OH excluding ortho intramolecular Hbond substituents is 1. The van der Waals surface area contributed by atoms with E-state index in [2.05, 4.69) is 41.4 Å². The molecule has 154 valence electrons. The normalized spacial score (nSPS) is 11.6. The summed E-state index contributed by atoms with van der Waals surface area (Å²) >= 11 is 0. The number of aromatic hydroxyl groups is 1. The zero-order valence-electron chi connectivity index (χ0n) is 16.8. The molecule has 0 saturated carbocycles. The summed E-state index contributed by atoms with van der Waals surface area (Å²) in [5, 5.41) is 12.2. The van der Waals surface area contributed by atoms with Crippen molar-refractivity contribution in [3.8, 4) is 28.7 Å². The molecule has 5 heteroatoms. The Morgan fingerprint density at radius 2 is 1.71 bits per heavy atom. The molecule has 0 atom stereocenters. The Kier molecular flexibility index (Phi) is 6.00. The van der Waals surface area contributed by atoms with Crippen molar-refractivity contribution in [2.24, 2.45) is 0 Å². The highest BCUT2D eigenvalue weighted by Crippen LogP contribution is 2.44. The third-order valence-corrected chi connectivity index (χ3v) is 5.25. The van der Waals surface area contributed by atoms with Gasteiger partial charge in [0.15, 0.2) is 6.29 Å². The van der Waals surface area contributed by atoms with E-state index in [0.29, 0.717) is 24.8 Å². The minimum Gasteiger partial charge on any atom is -0.507 e. The highest BCUT2D eigenvalue weighted by Gasteiger charge is 2.28. The molecule has 0 fully saturated rings. The fourth-order valence-electron chi connectivity index (χ4n) is 3.77. The number of benzene rings is 3. The first-order chi connectivity index (χ1) is 15.2. The van der Waals surface area contributed by atoms with Gasteiger partial charge in [-0.3, -0.25) is 4.79 Å². The number of aldehydes is 1. The molecular weight excluding hydrogens is 390 g/mol. The summed E-state index contributed by atoms with van der Waals surface area (Å²) in [6.07, 6.45) is 0.539. The molecule has 5 nitrogen and oxygen atoms in total. The van der Waals surface area contributed by atoms with Gasteiger partial charge in [-0.05, 0) is 40.5 Å². The van der Waals surface area contributed by atoms with E-state index in [9.17, 15) is 14.7 Å². The fourth-order valence-corrected chi connectivity index (χ4v) is 3.77. The van der Waals surface area contributed by atoms with Gasteiger partial charge in [0.2, 0.25) is 0 Å². The number of rotatable bonds is 5. The van der Waals surface area contributed by atoms with E-state index in [1.165, 1.54) is 34.4 Å². The van der Waals surface area contributed by atoms with Gasteiger partial charge in [0.1, 0.15) is 12.4 Å². The molecule has 1 aliphatic rings. The molecule has 4 rings (SSSR count). The van der Waals surface area contributed by atoms with E-state index in [0.717, 1.165) is 0 Å². The van der Waals surface area contributed by atoms with Crippen LogP contribution in [0.15, 0.2) is 66.7 Å². The SMILES string of the molecule is O=Cc1cc(C#CCCNC(=O)OCC2c3ccccc3-c3ccccc32)ccc1O. The van der Waals surface area contributed by atoms with E-state index in [4.69, 9.17) is 4.74 Å². The van der Waals surface area contributed by atoms with E-state index in [-0.39, 0.29) is 23.8 Å². The molecule has 0 unspecified atom stereocenters. The molecule has 1 aliphatic carbocycles. The zero-order valence-corrected chi connectivity index (χ0v) is 16.8. The van der Waals surface area contributed by atoms with Gasteiger partial charge < -0.3 is 15.2 Å². The van der Waals surface area contributed by atoms with Gasteiger partial charge >= 0.3 is 6.09 Å². The Bertz CT molecular complexity index is 1140. The van der Waals surface area contributed by atoms with Crippen molar-refractivity contribution >= 4 is 12.4 Å². The van der Waals surface area contributed by atoms with Gasteiger partial charge in [-0.2, -0.15) is 0 Å². The molecule has 0 spiro atoms. The topological polar surface area (TPSA) is 75.6 Å². The lowest BCUT2D eigenvalue weighted by molar-refractivity contribution is 0.112. The summed E-state index contributed by atoms with van der Waals surface area (Å²) in [6.45, 7) is 0.621. The quantitative estimate of drug-likeness (QED) is 0.369. The molecule has 0 bridgehead atoms. The fraction of sp³-hybridized carbons (Fsp3) is 0.154. The second-order valence-electron chi connectivity index (χ2n) is 7.20. The number of phenols is 1. The van der Waals surface area contributed by atoms with Crippen LogP contribution in [0.2, 0.25) is 0 Å². The maximum absolute atomic E-state index is 12.1. The number of fused-ring (bicyclic) bond motifs is 3. The molecule has 0 saturated heterocycles. The number of nitrogens with one attached hydrogen (secondary N) is 1. The average Bonchev–Trinajstić information content (AvgIpc) is 3.12. The average molecular weight is 411 g/mol. The van der Waals surface area contributed by atoms with Crippen LogP contribution in [0.3, 0.4) is 0 Å². The Morgan fingerprint density at radius 3 is 2.39 bits per heavy atom. The van der Waals surface area contributed by atoms with Crippen LogP contribution < -0.4 is 5.32 Å². The van der Waals surface area contributed by atoms with Crippen molar-refractivity contribution < 1.29 is 19.4 Å². The molecule has 0 aromatic heterocycles. The number of hydrogen-bond donors (Lipinski definition) is 2. The lowest BCUT2D eigenvalue weighted by Crippen LogP contribution is -2.26. The molecule has 0 heterocycles. The lowest BCUT2D eigenvalue weighted by atomic mass is 9.98. The first-order valence-electron chi connectivity index (χ1n) is 10.0. The summed E-state index contributed by atoms with van der Waals surface area (Å²) in [5.41, 5.74) is 5.55. The van der Waals surface area contributed by atoms with Crippen LogP contribution >= 0.6 is 0 Å². The Hall–Kier alpha value is -4.04. The summed E-state index contributed by atoms with van der Waals surface area (Å²) in [4.78, 5) is 23.0. The summed E-state index contributed by atoms with van der Waals surface area (Å²) in [5.74, 6) is 5.80. The standard InChI is InChI=1S/C26H21NO4/c28-16-19-15-18(12-13-25(19)29)7-5-6-14-27-26(30)31-17-24-22-10-3-1-8-20(22)21-9-2-4-11-23(21)24/h1-4,8-13,15-16,24,29H,6,14,17H2,(H,27,30). The van der Waals surface area contributed by atoms with Crippen LogP contribution in [-0.2, 0) is 4.74 Å². The predicted molar refractivity (Wildman–Crippen MR) is 118 cm³/mol. The van der Waals surface area contributed by atoms with Gasteiger partial charge in [0, 0.05) is 24.4 Å². The molecule has 1 amide bonds. The molecular formula is C26H21NO4. The number of amides is 1. The van der Waals surface area contributed by atoms with Crippen molar-refractivity contribution in [1.82, 2.24) is 5.32 Å². The zero-order chi connectivity index (χ0) is 21.6. The first-order valence-corrected chi connectivity index (χ1v) is 10.0. The number of carbonyl (C=O) groups excluding carboxylic acids is 2. The van der Waals surface area contributed by atoms with E-state index < -0.39 is 6.09 Å². The van der Waals surface area contributed by atoms with Crippen LogP contribution in [0.5, 0.6) is 5.75 Å². The van der Waals surface area contributed by atoms with Gasteiger partial charge in [0.05, 0.1) is 5.56 Å². The number of alkyl carbamates (subject to hydrolysis) is 1. The Labute approximate surface area is 180 Å². The molecule has 2 N–H and O–H groups in total. The number of ether oxygens (including phenoxy) is 1. The minimum atomic E-state index is -0.475. The van der Waals surface area contributed by atoms with Gasteiger partial charge in [-0.1, -0.05) is 60.4 Å². The summed E-state index contributed by atoms with van der Waals surface area (Å²) in [6, 6.07) is 21.0. The molecule has 3 aromatic rings. The van der Waals surface area contributed by atoms with Gasteiger partial charge in [0.25, 0.3) is 0 Å². The van der Waals surface area contributed by atoms with E-state index >= 15 is 0 Å². The van der Waals surface area contributed by atoms with E-state index in [1.807, 2.05) is 24.3 Å². The van der Waals surface area contributed by atoms with Crippen molar-refractivity contribution in [1.29, 1.82) is 0 Å². The largest absolute Gasteiger partial charge is 0.507 e. The highest BCUT2D eigenvalue weighted by atomic mass is 16.5. The summed E-state index contributed by atoms with van der Waals surface area (Å²) in [7, 11) is 0. The smallest absolute Gasteiger partial charge is 0.407 e. The highest BCUT2D eigenvalue weighted by molar-refractivity contribution is 5.80. The van der Waals surface area contributed by atoms with Crippen LogP contribution in [0, 0.1) is 11.8 Å². The third-order valence-electron chi connectivity index (χ3n) is 5.25. The van der Waals surface area contributed by atoms with Crippen LogP contribution in [0.4, 0.5) is 4.79 Å². The first kappa shape index (κ1) is 20.2. The van der Waals surface area contributed by atoms with Crippen molar-refractivity contribution in [2.45, 2.75) is 12.3 Å². The molecule has 31 heavy (non-hydrogen) atoms. The van der Waals surface area contributed by atoms with Crippen LogP contribution in [0.1, 0.15) is 39.4 Å². The van der Waals surface area contributed by atoms with E-state index in [1.54, 1.807) is 6.07 Å². The monoisotopic (exact) mass is 411 g/mol. The third kappa shape index (κ3) is 4.44. The van der Waals surface area contributed by atoms with Crippen LogP contribution in [0.25, 0.3) is 11.1 Å². The van der Waals surface area contributed by atoms with Crippen molar-refractivity contribution in [3.05, 3.63) is 89.0 Å². The number of hydrogen-bond acceptors (Lipinski definition) is 4. The number of carbonyl (C=O) groups is 2. The van der Waals surface area contributed by atoms with Gasteiger partial charge in [-0.25, -0.2) is 4.79 Å². The van der Waals surface area contributed by atoms with Crippen molar-refractivity contribution in [3.63, 3.8) is 0 Å². The van der Waals surface area contributed by atoms with Gasteiger partial charge in [-0.15, -0.1) is 0 Å². The maximum Gasteiger partial charge on any atom is 0.407 e. The Balaban J connectivity index is 1.29. The minimum absolute atomic E-state index is 0.0273. The second kappa shape index (κ2) is 9.19. The molecule has 3 aromatic carbocycles. The lowest BCUT2D eigenvalue weighted by Gasteiger charge is -2.14. The maximum atomic E-state index is 12.1.